The number of rotatable bonds is 1. The molecule has 0 bridgehead atoms. The maximum atomic E-state index is 6.34. The monoisotopic (exact) mass is 253 g/mol. The summed E-state index contributed by atoms with van der Waals surface area (Å²) in [4.78, 5) is 4.66. The van der Waals surface area contributed by atoms with Crippen molar-refractivity contribution >= 4 is 22.5 Å². The van der Waals surface area contributed by atoms with E-state index in [1.54, 1.807) is 0 Å². The minimum atomic E-state index is 0.752. The van der Waals surface area contributed by atoms with Gasteiger partial charge in [-0.05, 0) is 25.1 Å². The normalized spacial score (nSPS) is 10.8. The van der Waals surface area contributed by atoms with Crippen LogP contribution in [0.15, 0.2) is 54.6 Å². The molecule has 18 heavy (non-hydrogen) atoms. The minimum absolute atomic E-state index is 0.752. The number of aromatic nitrogens is 1. The zero-order valence-electron chi connectivity index (χ0n) is 10.0. The van der Waals surface area contributed by atoms with Crippen LogP contribution < -0.4 is 0 Å². The van der Waals surface area contributed by atoms with E-state index in [0.29, 0.717) is 0 Å². The fraction of sp³-hybridized carbons (Fsp3) is 0.0625. The molecule has 2 aromatic carbocycles. The molecule has 0 radical (unpaired) electrons. The van der Waals surface area contributed by atoms with Gasteiger partial charge in [-0.2, -0.15) is 0 Å². The lowest BCUT2D eigenvalue weighted by Crippen LogP contribution is -1.87. The maximum absolute atomic E-state index is 6.34. The van der Waals surface area contributed by atoms with E-state index in [-0.39, 0.29) is 0 Å². The van der Waals surface area contributed by atoms with Gasteiger partial charge in [0.15, 0.2) is 0 Å². The van der Waals surface area contributed by atoms with Crippen LogP contribution in [0.2, 0.25) is 5.02 Å². The second-order valence-corrected chi connectivity index (χ2v) is 4.78. The third kappa shape index (κ3) is 1.98. The Kier molecular flexibility index (Phi) is 2.77. The number of pyridine rings is 1. The van der Waals surface area contributed by atoms with Crippen molar-refractivity contribution < 1.29 is 0 Å². The van der Waals surface area contributed by atoms with Crippen LogP contribution in [0, 0.1) is 6.92 Å². The van der Waals surface area contributed by atoms with Crippen LogP contribution in [0.25, 0.3) is 22.2 Å². The van der Waals surface area contributed by atoms with Crippen molar-refractivity contribution in [2.45, 2.75) is 6.92 Å². The van der Waals surface area contributed by atoms with Crippen molar-refractivity contribution in [3.63, 3.8) is 0 Å². The summed E-state index contributed by atoms with van der Waals surface area (Å²) >= 11 is 6.34. The van der Waals surface area contributed by atoms with E-state index in [0.717, 1.165) is 27.2 Å². The fourth-order valence-electron chi connectivity index (χ4n) is 2.06. The van der Waals surface area contributed by atoms with Crippen molar-refractivity contribution in [3.8, 4) is 11.3 Å². The molecule has 0 fully saturated rings. The summed E-state index contributed by atoms with van der Waals surface area (Å²) in [5.74, 6) is 0. The third-order valence-electron chi connectivity index (χ3n) is 2.98. The quantitative estimate of drug-likeness (QED) is 0.603. The Hall–Kier alpha value is -1.86. The molecular weight excluding hydrogens is 242 g/mol. The third-order valence-corrected chi connectivity index (χ3v) is 3.30. The molecule has 0 saturated carbocycles. The molecule has 1 heterocycles. The van der Waals surface area contributed by atoms with Crippen LogP contribution >= 0.6 is 11.6 Å². The molecule has 2 heteroatoms. The second-order valence-electron chi connectivity index (χ2n) is 4.38. The highest BCUT2D eigenvalue weighted by Crippen LogP contribution is 2.28. The standard InChI is InChI=1S/C16H12ClN/c1-11-7-8-15-13(9-11)14(17)10-16(18-15)12-5-3-2-4-6-12/h2-10H,1H3. The molecule has 3 rings (SSSR count). The highest BCUT2D eigenvalue weighted by molar-refractivity contribution is 6.35. The van der Waals surface area contributed by atoms with Crippen LogP contribution in [-0.2, 0) is 0 Å². The molecule has 88 valence electrons. The number of hydrogen-bond donors (Lipinski definition) is 0. The van der Waals surface area contributed by atoms with Gasteiger partial charge in [-0.1, -0.05) is 53.6 Å². The van der Waals surface area contributed by atoms with Gasteiger partial charge in [0.2, 0.25) is 0 Å². The Morgan fingerprint density at radius 3 is 2.50 bits per heavy atom. The van der Waals surface area contributed by atoms with Crippen molar-refractivity contribution in [1.29, 1.82) is 0 Å². The Morgan fingerprint density at radius 2 is 1.72 bits per heavy atom. The van der Waals surface area contributed by atoms with E-state index < -0.39 is 0 Å². The summed E-state index contributed by atoms with van der Waals surface area (Å²) in [5.41, 5.74) is 4.13. The molecule has 3 aromatic rings. The first-order valence-electron chi connectivity index (χ1n) is 5.86. The van der Waals surface area contributed by atoms with Crippen molar-refractivity contribution in [3.05, 3.63) is 65.2 Å². The molecule has 1 nitrogen and oxygen atoms in total. The zero-order chi connectivity index (χ0) is 12.5. The molecule has 0 amide bonds. The second kappa shape index (κ2) is 4.43. The number of fused-ring (bicyclic) bond motifs is 1. The average molecular weight is 254 g/mol. The van der Waals surface area contributed by atoms with E-state index in [4.69, 9.17) is 11.6 Å². The largest absolute Gasteiger partial charge is 0.248 e. The van der Waals surface area contributed by atoms with Crippen LogP contribution in [-0.4, -0.2) is 4.98 Å². The summed E-state index contributed by atoms with van der Waals surface area (Å²) < 4.78 is 0. The van der Waals surface area contributed by atoms with E-state index in [1.807, 2.05) is 42.5 Å². The molecule has 1 aromatic heterocycles. The number of nitrogens with zero attached hydrogens (tertiary/aromatic N) is 1. The summed E-state index contributed by atoms with van der Waals surface area (Å²) in [6.07, 6.45) is 0. The van der Waals surface area contributed by atoms with Gasteiger partial charge in [0.05, 0.1) is 16.2 Å². The summed E-state index contributed by atoms with van der Waals surface area (Å²) in [6.45, 7) is 2.06. The van der Waals surface area contributed by atoms with E-state index in [9.17, 15) is 0 Å². The molecule has 0 unspecified atom stereocenters. The van der Waals surface area contributed by atoms with E-state index >= 15 is 0 Å². The topological polar surface area (TPSA) is 12.9 Å². The van der Waals surface area contributed by atoms with Gasteiger partial charge in [-0.3, -0.25) is 0 Å². The molecule has 0 spiro atoms. The smallest absolute Gasteiger partial charge is 0.0724 e. The van der Waals surface area contributed by atoms with Gasteiger partial charge in [0.25, 0.3) is 0 Å². The van der Waals surface area contributed by atoms with E-state index in [2.05, 4.69) is 24.0 Å². The number of hydrogen-bond acceptors (Lipinski definition) is 1. The van der Waals surface area contributed by atoms with Gasteiger partial charge in [-0.15, -0.1) is 0 Å². The van der Waals surface area contributed by atoms with Crippen LogP contribution in [0.3, 0.4) is 0 Å². The van der Waals surface area contributed by atoms with Gasteiger partial charge < -0.3 is 0 Å². The Labute approximate surface area is 111 Å². The molecular formula is C16H12ClN. The van der Waals surface area contributed by atoms with Crippen LogP contribution in [0.4, 0.5) is 0 Å². The van der Waals surface area contributed by atoms with Crippen molar-refractivity contribution in [2.24, 2.45) is 0 Å². The van der Waals surface area contributed by atoms with Crippen LogP contribution in [0.1, 0.15) is 5.56 Å². The molecule has 0 aliphatic heterocycles. The Bertz CT molecular complexity index is 705. The predicted molar refractivity (Wildman–Crippen MR) is 76.9 cm³/mol. The number of aryl methyl sites for hydroxylation is 1. The minimum Gasteiger partial charge on any atom is -0.248 e. The molecule has 0 aliphatic rings. The maximum Gasteiger partial charge on any atom is 0.0724 e. The Balaban J connectivity index is 2.25. The first-order valence-corrected chi connectivity index (χ1v) is 6.24. The van der Waals surface area contributed by atoms with Crippen molar-refractivity contribution in [1.82, 2.24) is 4.98 Å². The predicted octanol–water partition coefficient (Wildman–Crippen LogP) is 4.86. The lowest BCUT2D eigenvalue weighted by molar-refractivity contribution is 1.38. The van der Waals surface area contributed by atoms with Gasteiger partial charge in [0, 0.05) is 10.9 Å². The number of benzene rings is 2. The van der Waals surface area contributed by atoms with Crippen LogP contribution in [0.5, 0.6) is 0 Å². The van der Waals surface area contributed by atoms with Gasteiger partial charge >= 0.3 is 0 Å². The first kappa shape index (κ1) is 11.2. The average Bonchev–Trinajstić information content (AvgIpc) is 2.40. The summed E-state index contributed by atoms with van der Waals surface area (Å²) in [6, 6.07) is 18.2. The van der Waals surface area contributed by atoms with Gasteiger partial charge in [-0.25, -0.2) is 4.98 Å². The highest BCUT2D eigenvalue weighted by atomic mass is 35.5. The van der Waals surface area contributed by atoms with E-state index in [1.165, 1.54) is 5.56 Å². The summed E-state index contributed by atoms with van der Waals surface area (Å²) in [5, 5.41) is 1.76. The Morgan fingerprint density at radius 1 is 0.944 bits per heavy atom. The fourth-order valence-corrected chi connectivity index (χ4v) is 2.31. The molecule has 0 atom stereocenters. The first-order chi connectivity index (χ1) is 8.74. The lowest BCUT2D eigenvalue weighted by Gasteiger charge is -2.06. The molecule has 0 aliphatic carbocycles. The van der Waals surface area contributed by atoms with Crippen molar-refractivity contribution in [2.75, 3.05) is 0 Å². The number of halogens is 1. The molecule has 0 N–H and O–H groups in total. The lowest BCUT2D eigenvalue weighted by atomic mass is 10.1. The van der Waals surface area contributed by atoms with Gasteiger partial charge in [0.1, 0.15) is 0 Å². The summed E-state index contributed by atoms with van der Waals surface area (Å²) in [7, 11) is 0. The highest BCUT2D eigenvalue weighted by Gasteiger charge is 2.05. The molecule has 0 saturated heterocycles. The SMILES string of the molecule is Cc1ccc2nc(-c3ccccc3)cc(Cl)c2c1. The zero-order valence-corrected chi connectivity index (χ0v) is 10.8.